The van der Waals surface area contributed by atoms with Crippen molar-refractivity contribution >= 4 is 0 Å². The third kappa shape index (κ3) is 12.1. The maximum absolute atomic E-state index is 5.63. The molecular formula is C13H30N2O2. The van der Waals surface area contributed by atoms with E-state index in [9.17, 15) is 0 Å². The zero-order valence-corrected chi connectivity index (χ0v) is 11.5. The number of ether oxygens (including phenoxy) is 2. The number of nitrogens with two attached hydrogens (primary N) is 1. The molecule has 0 aromatic rings. The van der Waals surface area contributed by atoms with Gasteiger partial charge in [-0.3, -0.25) is 5.32 Å². The molecule has 0 rings (SSSR count). The van der Waals surface area contributed by atoms with Crippen molar-refractivity contribution in [2.75, 3.05) is 32.9 Å². The highest BCUT2D eigenvalue weighted by Crippen LogP contribution is 2.02. The number of nitrogens with one attached hydrogen (secondary N) is 1. The van der Waals surface area contributed by atoms with Crippen LogP contribution in [0.5, 0.6) is 0 Å². The number of hydrogen-bond acceptors (Lipinski definition) is 4. The molecule has 17 heavy (non-hydrogen) atoms. The summed E-state index contributed by atoms with van der Waals surface area (Å²) in [4.78, 5) is 0. The Morgan fingerprint density at radius 3 is 2.53 bits per heavy atom. The average molecular weight is 246 g/mol. The van der Waals surface area contributed by atoms with Crippen molar-refractivity contribution < 1.29 is 9.47 Å². The molecule has 0 aromatic heterocycles. The Kier molecular flexibility index (Phi) is 13.8. The van der Waals surface area contributed by atoms with Gasteiger partial charge in [0.1, 0.15) is 6.23 Å². The van der Waals surface area contributed by atoms with E-state index in [2.05, 4.69) is 5.32 Å². The Labute approximate surface area is 106 Å². The van der Waals surface area contributed by atoms with Crippen LogP contribution in [0.15, 0.2) is 0 Å². The molecule has 0 amide bonds. The van der Waals surface area contributed by atoms with E-state index in [4.69, 9.17) is 15.2 Å². The summed E-state index contributed by atoms with van der Waals surface area (Å²) in [7, 11) is 0. The molecule has 0 fully saturated rings. The van der Waals surface area contributed by atoms with Crippen molar-refractivity contribution in [3.05, 3.63) is 0 Å². The molecule has 0 aliphatic heterocycles. The van der Waals surface area contributed by atoms with Crippen LogP contribution in [-0.2, 0) is 9.47 Å². The van der Waals surface area contributed by atoms with E-state index in [1.807, 2.05) is 13.8 Å². The zero-order valence-electron chi connectivity index (χ0n) is 11.5. The van der Waals surface area contributed by atoms with Gasteiger partial charge in [-0.2, -0.15) is 0 Å². The molecule has 0 saturated carbocycles. The van der Waals surface area contributed by atoms with E-state index >= 15 is 0 Å². The molecule has 0 aliphatic rings. The van der Waals surface area contributed by atoms with Gasteiger partial charge in [0.2, 0.25) is 0 Å². The fourth-order valence-corrected chi connectivity index (χ4v) is 1.66. The fraction of sp³-hybridized carbons (Fsp3) is 1.00. The standard InChI is InChI=1S/C13H30N2O2/c1-3-16-12-8-7-11-15-13(17-4-2)9-5-6-10-14/h13,15H,3-12,14H2,1-2H3. The Bertz CT molecular complexity index is 145. The lowest BCUT2D eigenvalue weighted by molar-refractivity contribution is 0.0301. The number of hydrogen-bond donors (Lipinski definition) is 2. The second kappa shape index (κ2) is 13.9. The lowest BCUT2D eigenvalue weighted by Gasteiger charge is -2.18. The van der Waals surface area contributed by atoms with Crippen molar-refractivity contribution in [1.82, 2.24) is 5.32 Å². The summed E-state index contributed by atoms with van der Waals surface area (Å²) in [6.07, 6.45) is 5.71. The largest absolute Gasteiger partial charge is 0.382 e. The van der Waals surface area contributed by atoms with E-state index in [1.165, 1.54) is 0 Å². The topological polar surface area (TPSA) is 56.5 Å². The smallest absolute Gasteiger partial charge is 0.108 e. The lowest BCUT2D eigenvalue weighted by atomic mass is 10.2. The van der Waals surface area contributed by atoms with Gasteiger partial charge in [-0.25, -0.2) is 0 Å². The molecule has 0 bridgehead atoms. The molecule has 0 spiro atoms. The van der Waals surface area contributed by atoms with Gasteiger partial charge in [0.15, 0.2) is 0 Å². The van der Waals surface area contributed by atoms with Crippen LogP contribution in [0.25, 0.3) is 0 Å². The summed E-state index contributed by atoms with van der Waals surface area (Å²) in [5.41, 5.74) is 5.48. The van der Waals surface area contributed by atoms with Crippen molar-refractivity contribution in [3.63, 3.8) is 0 Å². The van der Waals surface area contributed by atoms with Crippen LogP contribution in [-0.4, -0.2) is 39.1 Å². The molecule has 104 valence electrons. The van der Waals surface area contributed by atoms with Gasteiger partial charge in [-0.15, -0.1) is 0 Å². The summed E-state index contributed by atoms with van der Waals surface area (Å²) in [6, 6.07) is 0. The van der Waals surface area contributed by atoms with Gasteiger partial charge in [0.25, 0.3) is 0 Å². The quantitative estimate of drug-likeness (QED) is 0.385. The second-order valence-electron chi connectivity index (χ2n) is 4.09. The van der Waals surface area contributed by atoms with Crippen molar-refractivity contribution in [1.29, 1.82) is 0 Å². The molecule has 0 aromatic carbocycles. The summed E-state index contributed by atoms with van der Waals surface area (Å²) < 4.78 is 10.9. The Morgan fingerprint density at radius 2 is 1.88 bits per heavy atom. The van der Waals surface area contributed by atoms with Gasteiger partial charge in [-0.1, -0.05) is 0 Å². The third-order valence-corrected chi connectivity index (χ3v) is 2.58. The molecule has 0 saturated heterocycles. The minimum atomic E-state index is 0.193. The molecule has 4 heteroatoms. The van der Waals surface area contributed by atoms with Crippen LogP contribution in [0, 0.1) is 0 Å². The molecule has 1 atom stereocenters. The van der Waals surface area contributed by atoms with Crippen molar-refractivity contribution in [2.45, 2.75) is 52.2 Å². The maximum Gasteiger partial charge on any atom is 0.108 e. The van der Waals surface area contributed by atoms with E-state index in [0.717, 1.165) is 65.0 Å². The van der Waals surface area contributed by atoms with Crippen LogP contribution in [0.3, 0.4) is 0 Å². The number of unbranched alkanes of at least 4 members (excludes halogenated alkanes) is 2. The lowest BCUT2D eigenvalue weighted by Crippen LogP contribution is -2.32. The van der Waals surface area contributed by atoms with Crippen LogP contribution in [0.1, 0.15) is 46.0 Å². The zero-order chi connectivity index (χ0) is 12.8. The van der Waals surface area contributed by atoms with Crippen LogP contribution in [0.2, 0.25) is 0 Å². The summed E-state index contributed by atoms with van der Waals surface area (Å²) in [5, 5.41) is 3.44. The highest BCUT2D eigenvalue weighted by Gasteiger charge is 2.06. The highest BCUT2D eigenvalue weighted by molar-refractivity contribution is 4.57. The van der Waals surface area contributed by atoms with Gasteiger partial charge in [0.05, 0.1) is 0 Å². The van der Waals surface area contributed by atoms with Gasteiger partial charge in [-0.05, 0) is 59.0 Å². The molecule has 4 nitrogen and oxygen atoms in total. The monoisotopic (exact) mass is 246 g/mol. The first-order chi connectivity index (χ1) is 8.35. The summed E-state index contributed by atoms with van der Waals surface area (Å²) in [5.74, 6) is 0. The van der Waals surface area contributed by atoms with E-state index < -0.39 is 0 Å². The van der Waals surface area contributed by atoms with Gasteiger partial charge < -0.3 is 15.2 Å². The maximum atomic E-state index is 5.63. The summed E-state index contributed by atoms with van der Waals surface area (Å²) in [6.45, 7) is 8.28. The highest BCUT2D eigenvalue weighted by atomic mass is 16.5. The first kappa shape index (κ1) is 16.8. The third-order valence-electron chi connectivity index (χ3n) is 2.58. The van der Waals surface area contributed by atoms with Crippen LogP contribution >= 0.6 is 0 Å². The first-order valence-electron chi connectivity index (χ1n) is 6.97. The van der Waals surface area contributed by atoms with E-state index in [-0.39, 0.29) is 6.23 Å². The fourth-order valence-electron chi connectivity index (χ4n) is 1.66. The van der Waals surface area contributed by atoms with Crippen LogP contribution < -0.4 is 11.1 Å². The predicted octanol–water partition coefficient (Wildman–Crippen LogP) is 1.88. The Hall–Kier alpha value is -0.160. The SMILES string of the molecule is CCOCCCCNC(CCCCN)OCC. The van der Waals surface area contributed by atoms with E-state index in [1.54, 1.807) is 0 Å². The van der Waals surface area contributed by atoms with Crippen molar-refractivity contribution in [2.24, 2.45) is 5.73 Å². The predicted molar refractivity (Wildman–Crippen MR) is 72.0 cm³/mol. The van der Waals surface area contributed by atoms with Crippen LogP contribution in [0.4, 0.5) is 0 Å². The van der Waals surface area contributed by atoms with Gasteiger partial charge >= 0.3 is 0 Å². The Balaban J connectivity index is 3.41. The summed E-state index contributed by atoms with van der Waals surface area (Å²) >= 11 is 0. The molecule has 3 N–H and O–H groups in total. The molecule has 1 unspecified atom stereocenters. The normalized spacial score (nSPS) is 12.9. The average Bonchev–Trinajstić information content (AvgIpc) is 2.34. The molecule has 0 aliphatic carbocycles. The molecule has 0 heterocycles. The van der Waals surface area contributed by atoms with Crippen molar-refractivity contribution in [3.8, 4) is 0 Å². The molecule has 0 radical (unpaired) electrons. The minimum Gasteiger partial charge on any atom is -0.382 e. The second-order valence-corrected chi connectivity index (χ2v) is 4.09. The minimum absolute atomic E-state index is 0.193. The first-order valence-corrected chi connectivity index (χ1v) is 6.97. The molecular weight excluding hydrogens is 216 g/mol. The Morgan fingerprint density at radius 1 is 1.06 bits per heavy atom. The number of rotatable bonds is 13. The van der Waals surface area contributed by atoms with E-state index in [0.29, 0.717) is 0 Å². The van der Waals surface area contributed by atoms with Gasteiger partial charge in [0, 0.05) is 19.8 Å².